The van der Waals surface area contributed by atoms with Gasteiger partial charge < -0.3 is 15.0 Å². The van der Waals surface area contributed by atoms with Crippen LogP contribution in [0.4, 0.5) is 4.79 Å². The number of likely N-dealkylation sites (tertiary alicyclic amines) is 1. The largest absolute Gasteiger partial charge is 0.496 e. The summed E-state index contributed by atoms with van der Waals surface area (Å²) in [4.78, 5) is 37.8. The van der Waals surface area contributed by atoms with Crippen LogP contribution in [-0.2, 0) is 16.0 Å². The minimum atomic E-state index is -0.976. The molecule has 2 N–H and O–H groups in total. The van der Waals surface area contributed by atoms with Crippen LogP contribution in [0.25, 0.3) is 0 Å². The number of piperidine rings is 1. The van der Waals surface area contributed by atoms with Crippen molar-refractivity contribution in [2.24, 2.45) is 0 Å². The predicted octanol–water partition coefficient (Wildman–Crippen LogP) is 0.747. The molecule has 2 fully saturated rings. The van der Waals surface area contributed by atoms with E-state index in [0.717, 1.165) is 16.9 Å². The quantitative estimate of drug-likeness (QED) is 0.800. The van der Waals surface area contributed by atoms with Gasteiger partial charge in [0.1, 0.15) is 11.3 Å². The second kappa shape index (κ2) is 6.14. The number of benzene rings is 1. The summed E-state index contributed by atoms with van der Waals surface area (Å²) in [6.07, 6.45) is 1.46. The van der Waals surface area contributed by atoms with Crippen LogP contribution in [-0.4, -0.2) is 48.5 Å². The maximum atomic E-state index is 12.6. The highest BCUT2D eigenvalue weighted by atomic mass is 16.5. The molecule has 2 saturated heterocycles. The van der Waals surface area contributed by atoms with Gasteiger partial charge in [-0.3, -0.25) is 14.9 Å². The van der Waals surface area contributed by atoms with Crippen LogP contribution in [0.5, 0.6) is 5.75 Å². The maximum absolute atomic E-state index is 12.6. The summed E-state index contributed by atoms with van der Waals surface area (Å²) in [7, 11) is 1.60. The van der Waals surface area contributed by atoms with Crippen LogP contribution < -0.4 is 15.4 Å². The molecule has 0 radical (unpaired) electrons. The standard InChI is InChI=1S/C17H21N3O4/c1-11-4-5-12(8-13(11)24-2)9-14(21)20-7-3-6-17(10-20)15(22)18-16(23)19-17/h4-5,8H,3,6-7,9-10H2,1-2H3,(H2,18,19,22,23). The summed E-state index contributed by atoms with van der Waals surface area (Å²) in [6.45, 7) is 2.75. The average Bonchev–Trinajstić information content (AvgIpc) is 2.82. The molecule has 128 valence electrons. The molecule has 24 heavy (non-hydrogen) atoms. The molecular formula is C17H21N3O4. The molecular weight excluding hydrogens is 310 g/mol. The number of amides is 4. The van der Waals surface area contributed by atoms with Crippen molar-refractivity contribution in [3.05, 3.63) is 29.3 Å². The van der Waals surface area contributed by atoms with Crippen molar-refractivity contribution in [2.45, 2.75) is 31.7 Å². The van der Waals surface area contributed by atoms with Crippen LogP contribution in [0.3, 0.4) is 0 Å². The third kappa shape index (κ3) is 2.93. The number of aryl methyl sites for hydroxylation is 1. The molecule has 0 aromatic heterocycles. The van der Waals surface area contributed by atoms with E-state index >= 15 is 0 Å². The van der Waals surface area contributed by atoms with Gasteiger partial charge >= 0.3 is 6.03 Å². The van der Waals surface area contributed by atoms with Gasteiger partial charge in [-0.05, 0) is 37.0 Å². The van der Waals surface area contributed by atoms with E-state index in [-0.39, 0.29) is 24.8 Å². The normalized spacial score (nSPS) is 23.2. The van der Waals surface area contributed by atoms with Gasteiger partial charge in [0.05, 0.1) is 20.1 Å². The Hall–Kier alpha value is -2.57. The van der Waals surface area contributed by atoms with Gasteiger partial charge in [-0.15, -0.1) is 0 Å². The molecule has 3 rings (SSSR count). The Labute approximate surface area is 140 Å². The molecule has 1 unspecified atom stereocenters. The fourth-order valence-corrected chi connectivity index (χ4v) is 3.34. The monoisotopic (exact) mass is 331 g/mol. The number of ether oxygens (including phenoxy) is 1. The number of hydrogen-bond donors (Lipinski definition) is 2. The van der Waals surface area contributed by atoms with Crippen LogP contribution in [0.1, 0.15) is 24.0 Å². The number of rotatable bonds is 3. The molecule has 2 aliphatic heterocycles. The first-order valence-corrected chi connectivity index (χ1v) is 7.98. The molecule has 7 heteroatoms. The van der Waals surface area contributed by atoms with Gasteiger partial charge in [0.15, 0.2) is 0 Å². The van der Waals surface area contributed by atoms with Crippen LogP contribution in [0.2, 0.25) is 0 Å². The minimum absolute atomic E-state index is 0.0612. The van der Waals surface area contributed by atoms with Crippen LogP contribution >= 0.6 is 0 Å². The zero-order valence-electron chi connectivity index (χ0n) is 13.8. The number of methoxy groups -OCH3 is 1. The van der Waals surface area contributed by atoms with Gasteiger partial charge in [-0.25, -0.2) is 4.79 Å². The molecule has 0 bridgehead atoms. The number of nitrogens with one attached hydrogen (secondary N) is 2. The number of imide groups is 1. The van der Waals surface area contributed by atoms with E-state index in [1.165, 1.54) is 0 Å². The third-order valence-corrected chi connectivity index (χ3v) is 4.69. The van der Waals surface area contributed by atoms with Gasteiger partial charge in [-0.2, -0.15) is 0 Å². The highest BCUT2D eigenvalue weighted by Gasteiger charge is 2.49. The predicted molar refractivity (Wildman–Crippen MR) is 86.7 cm³/mol. The molecule has 0 saturated carbocycles. The third-order valence-electron chi connectivity index (χ3n) is 4.69. The molecule has 1 atom stereocenters. The van der Waals surface area contributed by atoms with Gasteiger partial charge in [0.25, 0.3) is 5.91 Å². The van der Waals surface area contributed by atoms with Crippen molar-refractivity contribution in [3.63, 3.8) is 0 Å². The molecule has 1 spiro atoms. The lowest BCUT2D eigenvalue weighted by atomic mass is 9.89. The Bertz CT molecular complexity index is 703. The lowest BCUT2D eigenvalue weighted by Crippen LogP contribution is -2.59. The summed E-state index contributed by atoms with van der Waals surface area (Å²) >= 11 is 0. The van der Waals surface area contributed by atoms with Gasteiger partial charge in [-0.1, -0.05) is 12.1 Å². The maximum Gasteiger partial charge on any atom is 0.322 e. The lowest BCUT2D eigenvalue weighted by molar-refractivity contribution is -0.135. The topological polar surface area (TPSA) is 87.7 Å². The Kier molecular flexibility index (Phi) is 4.17. The molecule has 1 aromatic rings. The van der Waals surface area contributed by atoms with E-state index in [2.05, 4.69) is 10.6 Å². The summed E-state index contributed by atoms with van der Waals surface area (Å²) < 4.78 is 5.29. The molecule has 2 aliphatic rings. The SMILES string of the molecule is COc1cc(CC(=O)N2CCCC3(C2)NC(=O)NC3=O)ccc1C. The first kappa shape index (κ1) is 16.3. The van der Waals surface area contributed by atoms with Crippen molar-refractivity contribution in [3.8, 4) is 5.75 Å². The van der Waals surface area contributed by atoms with Gasteiger partial charge in [0.2, 0.25) is 5.91 Å². The number of nitrogens with zero attached hydrogens (tertiary/aromatic N) is 1. The van der Waals surface area contributed by atoms with Crippen molar-refractivity contribution in [1.29, 1.82) is 0 Å². The Balaban J connectivity index is 1.71. The zero-order valence-corrected chi connectivity index (χ0v) is 13.8. The highest BCUT2D eigenvalue weighted by Crippen LogP contribution is 2.25. The molecule has 4 amide bonds. The van der Waals surface area contributed by atoms with E-state index in [0.29, 0.717) is 19.4 Å². The van der Waals surface area contributed by atoms with Crippen molar-refractivity contribution < 1.29 is 19.1 Å². The van der Waals surface area contributed by atoms with E-state index in [4.69, 9.17) is 4.74 Å². The highest BCUT2D eigenvalue weighted by molar-refractivity contribution is 6.07. The number of carbonyl (C=O) groups is 3. The van der Waals surface area contributed by atoms with E-state index < -0.39 is 11.6 Å². The number of urea groups is 1. The number of carbonyl (C=O) groups excluding carboxylic acids is 3. The molecule has 0 aliphatic carbocycles. The second-order valence-electron chi connectivity index (χ2n) is 6.39. The molecule has 7 nitrogen and oxygen atoms in total. The Morgan fingerprint density at radius 3 is 2.83 bits per heavy atom. The summed E-state index contributed by atoms with van der Waals surface area (Å²) in [6, 6.07) is 5.19. The minimum Gasteiger partial charge on any atom is -0.496 e. The summed E-state index contributed by atoms with van der Waals surface area (Å²) in [5.41, 5.74) is 0.897. The van der Waals surface area contributed by atoms with Crippen LogP contribution in [0, 0.1) is 6.92 Å². The zero-order chi connectivity index (χ0) is 17.3. The van der Waals surface area contributed by atoms with Crippen LogP contribution in [0.15, 0.2) is 18.2 Å². The Morgan fingerprint density at radius 2 is 2.17 bits per heavy atom. The summed E-state index contributed by atoms with van der Waals surface area (Å²) in [5, 5.41) is 4.94. The smallest absolute Gasteiger partial charge is 0.322 e. The van der Waals surface area contributed by atoms with E-state index in [1.54, 1.807) is 12.0 Å². The average molecular weight is 331 g/mol. The molecule has 1 aromatic carbocycles. The number of hydrogen-bond acceptors (Lipinski definition) is 4. The van der Waals surface area contributed by atoms with Crippen molar-refractivity contribution in [2.75, 3.05) is 20.2 Å². The fraction of sp³-hybridized carbons (Fsp3) is 0.471. The van der Waals surface area contributed by atoms with Crippen molar-refractivity contribution in [1.82, 2.24) is 15.5 Å². The first-order chi connectivity index (χ1) is 11.4. The Morgan fingerprint density at radius 1 is 1.38 bits per heavy atom. The van der Waals surface area contributed by atoms with E-state index in [1.807, 2.05) is 25.1 Å². The van der Waals surface area contributed by atoms with Gasteiger partial charge in [0, 0.05) is 6.54 Å². The van der Waals surface area contributed by atoms with E-state index in [9.17, 15) is 14.4 Å². The second-order valence-corrected chi connectivity index (χ2v) is 6.39. The summed E-state index contributed by atoms with van der Waals surface area (Å²) in [5.74, 6) is 0.341. The molecule has 2 heterocycles. The first-order valence-electron chi connectivity index (χ1n) is 7.98. The lowest BCUT2D eigenvalue weighted by Gasteiger charge is -2.38. The fourth-order valence-electron chi connectivity index (χ4n) is 3.34. The van der Waals surface area contributed by atoms with Crippen molar-refractivity contribution >= 4 is 17.8 Å².